The van der Waals surface area contributed by atoms with Crippen LogP contribution < -0.4 is 4.74 Å². The first kappa shape index (κ1) is 20.4. The van der Waals surface area contributed by atoms with E-state index in [4.69, 9.17) is 9.47 Å². The van der Waals surface area contributed by atoms with Gasteiger partial charge in [-0.05, 0) is 50.1 Å². The van der Waals surface area contributed by atoms with Crippen molar-refractivity contribution in [2.75, 3.05) is 7.11 Å². The molecule has 0 unspecified atom stereocenters. The first-order chi connectivity index (χ1) is 13.6. The van der Waals surface area contributed by atoms with Gasteiger partial charge in [0.05, 0.1) is 17.6 Å². The third kappa shape index (κ3) is 4.39. The zero-order valence-corrected chi connectivity index (χ0v) is 17.2. The van der Waals surface area contributed by atoms with Crippen molar-refractivity contribution in [1.82, 2.24) is 4.57 Å². The van der Waals surface area contributed by atoms with Crippen LogP contribution in [-0.2, 0) is 18.2 Å². The number of ether oxygens (including phenoxy) is 2. The van der Waals surface area contributed by atoms with E-state index in [1.54, 1.807) is 31.4 Å². The standard InChI is InChI=1S/C22H24N2O5/c1-22(2,3)29-21(25)15-7-6-14(20(11-15)28-5)10-16-13-23(4)19-9-8-17(24(26)27)12-18(16)19/h6-9,11-13H,10H2,1-5H3. The Bertz CT molecular complexity index is 1090. The molecule has 3 aromatic rings. The van der Waals surface area contributed by atoms with Crippen LogP contribution in [0.1, 0.15) is 42.3 Å². The molecular formula is C22H24N2O5. The van der Waals surface area contributed by atoms with Crippen LogP contribution in [0.25, 0.3) is 10.9 Å². The van der Waals surface area contributed by atoms with Crippen molar-refractivity contribution in [2.45, 2.75) is 32.8 Å². The zero-order chi connectivity index (χ0) is 21.3. The second kappa shape index (κ2) is 7.58. The van der Waals surface area contributed by atoms with Gasteiger partial charge in [0.2, 0.25) is 0 Å². The molecule has 152 valence electrons. The Kier molecular flexibility index (Phi) is 5.33. The molecule has 2 aromatic carbocycles. The van der Waals surface area contributed by atoms with Gasteiger partial charge in [0, 0.05) is 42.7 Å². The number of esters is 1. The minimum atomic E-state index is -0.583. The van der Waals surface area contributed by atoms with Crippen molar-refractivity contribution >= 4 is 22.6 Å². The zero-order valence-electron chi connectivity index (χ0n) is 17.2. The van der Waals surface area contributed by atoms with E-state index in [0.717, 1.165) is 22.0 Å². The van der Waals surface area contributed by atoms with E-state index in [0.29, 0.717) is 17.7 Å². The van der Waals surface area contributed by atoms with E-state index in [2.05, 4.69) is 0 Å². The Morgan fingerprint density at radius 2 is 1.86 bits per heavy atom. The van der Waals surface area contributed by atoms with Crippen molar-refractivity contribution < 1.29 is 19.2 Å². The average Bonchev–Trinajstić information content (AvgIpc) is 2.95. The molecule has 0 radical (unpaired) electrons. The molecule has 29 heavy (non-hydrogen) atoms. The number of aromatic nitrogens is 1. The SMILES string of the molecule is COc1cc(C(=O)OC(C)(C)C)ccc1Cc1cn(C)c2ccc([N+](=O)[O-])cc12. The highest BCUT2D eigenvalue weighted by atomic mass is 16.6. The smallest absolute Gasteiger partial charge is 0.338 e. The molecule has 0 aliphatic heterocycles. The summed E-state index contributed by atoms with van der Waals surface area (Å²) in [5, 5.41) is 12.0. The Morgan fingerprint density at radius 3 is 2.48 bits per heavy atom. The van der Waals surface area contributed by atoms with E-state index >= 15 is 0 Å². The maximum absolute atomic E-state index is 12.3. The number of fused-ring (bicyclic) bond motifs is 1. The lowest BCUT2D eigenvalue weighted by Gasteiger charge is -2.20. The van der Waals surface area contributed by atoms with Crippen molar-refractivity contribution in [3.63, 3.8) is 0 Å². The Labute approximate surface area is 169 Å². The lowest BCUT2D eigenvalue weighted by atomic mass is 10.0. The van der Waals surface area contributed by atoms with Gasteiger partial charge in [-0.3, -0.25) is 10.1 Å². The monoisotopic (exact) mass is 396 g/mol. The summed E-state index contributed by atoms with van der Waals surface area (Å²) < 4.78 is 12.9. The Balaban J connectivity index is 1.97. The molecular weight excluding hydrogens is 372 g/mol. The van der Waals surface area contributed by atoms with Crippen LogP contribution in [0, 0.1) is 10.1 Å². The normalized spacial score (nSPS) is 11.5. The van der Waals surface area contributed by atoms with Gasteiger partial charge in [0.25, 0.3) is 5.69 Å². The number of nitrogens with zero attached hydrogens (tertiary/aromatic N) is 2. The number of methoxy groups -OCH3 is 1. The van der Waals surface area contributed by atoms with Crippen LogP contribution in [0.3, 0.4) is 0 Å². The van der Waals surface area contributed by atoms with E-state index in [9.17, 15) is 14.9 Å². The number of nitro groups is 1. The Hall–Kier alpha value is -3.35. The molecule has 3 rings (SSSR count). The molecule has 0 aliphatic rings. The number of rotatable bonds is 5. The fourth-order valence-corrected chi connectivity index (χ4v) is 3.28. The molecule has 0 bridgehead atoms. The summed E-state index contributed by atoms with van der Waals surface area (Å²) in [7, 11) is 3.45. The van der Waals surface area contributed by atoms with Crippen LogP contribution in [0.15, 0.2) is 42.6 Å². The van der Waals surface area contributed by atoms with Gasteiger partial charge in [-0.15, -0.1) is 0 Å². The van der Waals surface area contributed by atoms with Crippen molar-refractivity contribution in [1.29, 1.82) is 0 Å². The van der Waals surface area contributed by atoms with E-state index < -0.39 is 16.5 Å². The third-order valence-corrected chi connectivity index (χ3v) is 4.57. The van der Waals surface area contributed by atoms with Gasteiger partial charge in [0.15, 0.2) is 0 Å². The minimum absolute atomic E-state index is 0.0530. The molecule has 0 spiro atoms. The number of hydrogen-bond acceptors (Lipinski definition) is 5. The average molecular weight is 396 g/mol. The molecule has 0 fully saturated rings. The van der Waals surface area contributed by atoms with Crippen molar-refractivity contribution in [2.24, 2.45) is 7.05 Å². The van der Waals surface area contributed by atoms with Gasteiger partial charge in [-0.25, -0.2) is 4.79 Å². The first-order valence-corrected chi connectivity index (χ1v) is 9.21. The summed E-state index contributed by atoms with van der Waals surface area (Å²) in [5.74, 6) is 0.152. The second-order valence-electron chi connectivity index (χ2n) is 7.93. The number of non-ortho nitro benzene ring substituents is 1. The molecule has 0 saturated heterocycles. The van der Waals surface area contributed by atoms with Gasteiger partial charge >= 0.3 is 5.97 Å². The van der Waals surface area contributed by atoms with E-state index in [1.165, 1.54) is 6.07 Å². The Morgan fingerprint density at radius 1 is 1.14 bits per heavy atom. The van der Waals surface area contributed by atoms with Gasteiger partial charge in [0.1, 0.15) is 11.4 Å². The van der Waals surface area contributed by atoms with Crippen molar-refractivity contribution in [3.05, 3.63) is 69.4 Å². The van der Waals surface area contributed by atoms with Gasteiger partial charge in [-0.1, -0.05) is 6.07 Å². The number of hydrogen-bond donors (Lipinski definition) is 0. The first-order valence-electron chi connectivity index (χ1n) is 9.21. The number of benzene rings is 2. The quantitative estimate of drug-likeness (QED) is 0.356. The van der Waals surface area contributed by atoms with Crippen LogP contribution in [0.2, 0.25) is 0 Å². The van der Waals surface area contributed by atoms with Crippen LogP contribution in [0.4, 0.5) is 5.69 Å². The topological polar surface area (TPSA) is 83.6 Å². The number of nitro benzene ring substituents is 1. The summed E-state index contributed by atoms with van der Waals surface area (Å²) in [4.78, 5) is 23.1. The summed E-state index contributed by atoms with van der Waals surface area (Å²) in [5.41, 5.74) is 2.61. The summed E-state index contributed by atoms with van der Waals surface area (Å²) in [6.45, 7) is 5.45. The largest absolute Gasteiger partial charge is 0.496 e. The minimum Gasteiger partial charge on any atom is -0.496 e. The predicted molar refractivity (Wildman–Crippen MR) is 111 cm³/mol. The molecule has 0 atom stereocenters. The number of carbonyl (C=O) groups is 1. The highest BCUT2D eigenvalue weighted by molar-refractivity contribution is 5.90. The van der Waals surface area contributed by atoms with E-state index in [1.807, 2.05) is 44.6 Å². The molecule has 0 amide bonds. The van der Waals surface area contributed by atoms with E-state index in [-0.39, 0.29) is 5.69 Å². The van der Waals surface area contributed by atoms with Crippen LogP contribution in [0.5, 0.6) is 5.75 Å². The fourth-order valence-electron chi connectivity index (χ4n) is 3.28. The summed E-state index contributed by atoms with van der Waals surface area (Å²) in [6, 6.07) is 10.0. The summed E-state index contributed by atoms with van der Waals surface area (Å²) in [6.07, 6.45) is 2.46. The lowest BCUT2D eigenvalue weighted by Crippen LogP contribution is -2.23. The molecule has 0 saturated carbocycles. The third-order valence-electron chi connectivity index (χ3n) is 4.57. The fraction of sp³-hybridized carbons (Fsp3) is 0.318. The molecule has 7 nitrogen and oxygen atoms in total. The van der Waals surface area contributed by atoms with Gasteiger partial charge < -0.3 is 14.0 Å². The number of carbonyl (C=O) groups excluding carboxylic acids is 1. The highest BCUT2D eigenvalue weighted by Crippen LogP contribution is 2.30. The van der Waals surface area contributed by atoms with Crippen LogP contribution >= 0.6 is 0 Å². The number of aryl methyl sites for hydroxylation is 1. The molecule has 7 heteroatoms. The second-order valence-corrected chi connectivity index (χ2v) is 7.93. The summed E-state index contributed by atoms with van der Waals surface area (Å²) >= 11 is 0. The molecule has 1 heterocycles. The van der Waals surface area contributed by atoms with Crippen LogP contribution in [-0.4, -0.2) is 28.2 Å². The van der Waals surface area contributed by atoms with Crippen molar-refractivity contribution in [3.8, 4) is 5.75 Å². The molecule has 0 N–H and O–H groups in total. The maximum Gasteiger partial charge on any atom is 0.338 e. The molecule has 1 aromatic heterocycles. The predicted octanol–water partition coefficient (Wildman–Crippen LogP) is 4.64. The maximum atomic E-state index is 12.3. The highest BCUT2D eigenvalue weighted by Gasteiger charge is 2.20. The lowest BCUT2D eigenvalue weighted by molar-refractivity contribution is -0.384. The van der Waals surface area contributed by atoms with Gasteiger partial charge in [-0.2, -0.15) is 0 Å². The molecule has 0 aliphatic carbocycles.